The second kappa shape index (κ2) is 5.07. The lowest BCUT2D eigenvalue weighted by atomic mass is 10.2. The van der Waals surface area contributed by atoms with Crippen LogP contribution in [0.1, 0.15) is 13.8 Å². The molecule has 90 valence electrons. The van der Waals surface area contributed by atoms with Gasteiger partial charge in [-0.1, -0.05) is 13.8 Å². The molecular weight excluding hydrogens is 250 g/mol. The van der Waals surface area contributed by atoms with Crippen LogP contribution < -0.4 is 0 Å². The largest absolute Gasteiger partial charge is 0.245 e. The summed E-state index contributed by atoms with van der Waals surface area (Å²) in [5.74, 6) is 0.257. The maximum absolute atomic E-state index is 12.0. The van der Waals surface area contributed by atoms with E-state index < -0.39 is 10.0 Å². The van der Waals surface area contributed by atoms with Crippen LogP contribution in [0.2, 0.25) is 5.28 Å². The van der Waals surface area contributed by atoms with Crippen LogP contribution in [0.4, 0.5) is 0 Å². The third-order valence-electron chi connectivity index (χ3n) is 1.93. The maximum Gasteiger partial charge on any atom is 0.245 e. The summed E-state index contributed by atoms with van der Waals surface area (Å²) in [6.45, 7) is 4.35. The SMILES string of the molecule is CC(C)CN(C)S(=O)(=O)c1cnc(Cl)nc1. The first-order valence-corrected chi connectivity index (χ1v) is 6.59. The first kappa shape index (κ1) is 13.3. The molecule has 1 rings (SSSR count). The molecule has 0 bridgehead atoms. The molecule has 0 atom stereocenters. The van der Waals surface area contributed by atoms with Crippen molar-refractivity contribution in [3.05, 3.63) is 17.7 Å². The Morgan fingerprint density at radius 2 is 1.88 bits per heavy atom. The normalized spacial score (nSPS) is 12.4. The topological polar surface area (TPSA) is 63.2 Å². The molecule has 7 heteroatoms. The maximum atomic E-state index is 12.0. The molecule has 0 saturated carbocycles. The predicted octanol–water partition coefficient (Wildman–Crippen LogP) is 1.41. The third kappa shape index (κ3) is 3.13. The zero-order valence-electron chi connectivity index (χ0n) is 9.38. The number of aromatic nitrogens is 2. The minimum absolute atomic E-state index is 0.0328. The molecule has 0 aliphatic heterocycles. The van der Waals surface area contributed by atoms with Gasteiger partial charge in [-0.2, -0.15) is 0 Å². The van der Waals surface area contributed by atoms with E-state index in [1.165, 1.54) is 23.7 Å². The number of sulfonamides is 1. The monoisotopic (exact) mass is 263 g/mol. The molecule has 0 aromatic carbocycles. The predicted molar refractivity (Wildman–Crippen MR) is 61.7 cm³/mol. The summed E-state index contributed by atoms with van der Waals surface area (Å²) >= 11 is 5.50. The van der Waals surface area contributed by atoms with Crippen LogP contribution in [0.5, 0.6) is 0 Å². The van der Waals surface area contributed by atoms with Gasteiger partial charge >= 0.3 is 0 Å². The second-order valence-electron chi connectivity index (χ2n) is 3.87. The molecule has 0 aliphatic rings. The van der Waals surface area contributed by atoms with Gasteiger partial charge in [-0.25, -0.2) is 22.7 Å². The van der Waals surface area contributed by atoms with Gasteiger partial charge in [0.15, 0.2) is 0 Å². The van der Waals surface area contributed by atoms with Gasteiger partial charge in [0, 0.05) is 13.6 Å². The van der Waals surface area contributed by atoms with Crippen molar-refractivity contribution in [1.82, 2.24) is 14.3 Å². The van der Waals surface area contributed by atoms with Crippen LogP contribution in [-0.4, -0.2) is 36.3 Å². The molecule has 1 aromatic rings. The van der Waals surface area contributed by atoms with Crippen molar-refractivity contribution < 1.29 is 8.42 Å². The van der Waals surface area contributed by atoms with Crippen molar-refractivity contribution in [3.8, 4) is 0 Å². The van der Waals surface area contributed by atoms with Crippen LogP contribution in [-0.2, 0) is 10.0 Å². The Balaban J connectivity index is 2.97. The van der Waals surface area contributed by atoms with Crippen LogP contribution in [0.25, 0.3) is 0 Å². The van der Waals surface area contributed by atoms with E-state index in [2.05, 4.69) is 9.97 Å². The van der Waals surface area contributed by atoms with Crippen molar-refractivity contribution in [2.45, 2.75) is 18.7 Å². The van der Waals surface area contributed by atoms with Crippen molar-refractivity contribution in [3.63, 3.8) is 0 Å². The number of rotatable bonds is 4. The van der Waals surface area contributed by atoms with E-state index in [4.69, 9.17) is 11.6 Å². The van der Waals surface area contributed by atoms with Gasteiger partial charge in [0.05, 0.1) is 12.4 Å². The summed E-state index contributed by atoms with van der Waals surface area (Å²) in [5.41, 5.74) is 0. The molecule has 16 heavy (non-hydrogen) atoms. The average molecular weight is 264 g/mol. The number of halogens is 1. The van der Waals surface area contributed by atoms with Crippen molar-refractivity contribution in [2.24, 2.45) is 5.92 Å². The lowest BCUT2D eigenvalue weighted by Gasteiger charge is -2.18. The molecule has 0 spiro atoms. The van der Waals surface area contributed by atoms with E-state index in [1.807, 2.05) is 13.8 Å². The smallest absolute Gasteiger partial charge is 0.225 e. The summed E-state index contributed by atoms with van der Waals surface area (Å²) < 4.78 is 25.2. The van der Waals surface area contributed by atoms with E-state index >= 15 is 0 Å². The summed E-state index contributed by atoms with van der Waals surface area (Å²) in [6, 6.07) is 0. The Bertz CT molecular complexity index is 444. The van der Waals surface area contributed by atoms with E-state index in [0.717, 1.165) is 0 Å². The summed E-state index contributed by atoms with van der Waals surface area (Å²) in [5, 5.41) is 0.0328. The van der Waals surface area contributed by atoms with Crippen LogP contribution in [0, 0.1) is 5.92 Å². The molecule has 0 unspecified atom stereocenters. The Morgan fingerprint density at radius 3 is 2.31 bits per heavy atom. The van der Waals surface area contributed by atoms with Crippen LogP contribution in [0.3, 0.4) is 0 Å². The van der Waals surface area contributed by atoms with Crippen molar-refractivity contribution in [2.75, 3.05) is 13.6 Å². The first-order valence-electron chi connectivity index (χ1n) is 4.78. The molecule has 0 N–H and O–H groups in total. The summed E-state index contributed by atoms with van der Waals surface area (Å²) in [7, 11) is -1.97. The number of hydrogen-bond acceptors (Lipinski definition) is 4. The zero-order valence-corrected chi connectivity index (χ0v) is 11.0. The lowest BCUT2D eigenvalue weighted by molar-refractivity contribution is 0.417. The lowest BCUT2D eigenvalue weighted by Crippen LogP contribution is -2.30. The van der Waals surface area contributed by atoms with Gasteiger partial charge in [0.1, 0.15) is 4.90 Å². The molecule has 1 aromatic heterocycles. The van der Waals surface area contributed by atoms with Crippen LogP contribution in [0.15, 0.2) is 17.3 Å². The molecule has 1 heterocycles. The van der Waals surface area contributed by atoms with Gasteiger partial charge in [-0.3, -0.25) is 0 Å². The van der Waals surface area contributed by atoms with Crippen molar-refractivity contribution >= 4 is 21.6 Å². The van der Waals surface area contributed by atoms with Gasteiger partial charge in [-0.15, -0.1) is 0 Å². The fourth-order valence-corrected chi connectivity index (χ4v) is 2.55. The van der Waals surface area contributed by atoms with Crippen molar-refractivity contribution in [1.29, 1.82) is 0 Å². The molecule has 0 fully saturated rings. The van der Waals surface area contributed by atoms with Crippen LogP contribution >= 0.6 is 11.6 Å². The fraction of sp³-hybridized carbons (Fsp3) is 0.556. The highest BCUT2D eigenvalue weighted by Crippen LogP contribution is 2.14. The Kier molecular flexibility index (Phi) is 4.23. The summed E-state index contributed by atoms with van der Waals surface area (Å²) in [6.07, 6.45) is 2.42. The number of nitrogens with zero attached hydrogens (tertiary/aromatic N) is 3. The minimum Gasteiger partial charge on any atom is -0.225 e. The second-order valence-corrected chi connectivity index (χ2v) is 6.25. The molecular formula is C9H14ClN3O2S. The third-order valence-corrected chi connectivity index (χ3v) is 3.90. The van der Waals surface area contributed by atoms with E-state index in [0.29, 0.717) is 6.54 Å². The standard InChI is InChI=1S/C9H14ClN3O2S/c1-7(2)6-13(3)16(14,15)8-4-11-9(10)12-5-8/h4-5,7H,6H2,1-3H3. The fourth-order valence-electron chi connectivity index (χ4n) is 1.23. The molecule has 0 amide bonds. The Hall–Kier alpha value is -0.720. The molecule has 0 radical (unpaired) electrons. The number of hydrogen-bond donors (Lipinski definition) is 0. The first-order chi connectivity index (χ1) is 7.34. The highest BCUT2D eigenvalue weighted by atomic mass is 35.5. The minimum atomic E-state index is -3.50. The highest BCUT2D eigenvalue weighted by molar-refractivity contribution is 7.89. The molecule has 0 saturated heterocycles. The van der Waals surface area contributed by atoms with E-state index in [1.54, 1.807) is 0 Å². The van der Waals surface area contributed by atoms with E-state index in [9.17, 15) is 8.42 Å². The Labute approximate surface area is 101 Å². The summed E-state index contributed by atoms with van der Waals surface area (Å²) in [4.78, 5) is 7.37. The average Bonchev–Trinajstić information content (AvgIpc) is 2.17. The molecule has 5 nitrogen and oxygen atoms in total. The van der Waals surface area contributed by atoms with Gasteiger partial charge in [0.25, 0.3) is 0 Å². The van der Waals surface area contributed by atoms with Gasteiger partial charge in [-0.05, 0) is 17.5 Å². The van der Waals surface area contributed by atoms with E-state index in [-0.39, 0.29) is 16.1 Å². The highest BCUT2D eigenvalue weighted by Gasteiger charge is 2.22. The van der Waals surface area contributed by atoms with Gasteiger partial charge < -0.3 is 0 Å². The Morgan fingerprint density at radius 1 is 1.38 bits per heavy atom. The van der Waals surface area contributed by atoms with Gasteiger partial charge in [0.2, 0.25) is 15.3 Å². The quantitative estimate of drug-likeness (QED) is 0.771. The zero-order chi connectivity index (χ0) is 12.3. The molecule has 0 aliphatic carbocycles.